The van der Waals surface area contributed by atoms with Crippen LogP contribution in [0.4, 0.5) is 22.0 Å². The Morgan fingerprint density at radius 1 is 1.33 bits per heavy atom. The summed E-state index contributed by atoms with van der Waals surface area (Å²) >= 11 is 0. The molecule has 15 heavy (non-hydrogen) atoms. The predicted octanol–water partition coefficient (Wildman–Crippen LogP) is 2.99. The molecular weight excluding hydrogens is 223 g/mol. The fraction of sp³-hybridized carbons (Fsp3) is 0.500. The van der Waals surface area contributed by atoms with Crippen molar-refractivity contribution < 1.29 is 31.1 Å². The zero-order chi connectivity index (χ0) is 11.5. The van der Waals surface area contributed by atoms with Crippen molar-refractivity contribution in [1.29, 1.82) is 0 Å². The highest BCUT2D eigenvalue weighted by Gasteiger charge is 2.47. The molecule has 0 bridgehead atoms. The molecule has 2 nitrogen and oxygen atoms in total. The Labute approximate surface area is 81.6 Å². The molecule has 0 saturated carbocycles. The summed E-state index contributed by atoms with van der Waals surface area (Å²) in [5, 5.41) is 0. The molecule has 1 aromatic heterocycles. The quantitative estimate of drug-likeness (QED) is 0.742. The van der Waals surface area contributed by atoms with Gasteiger partial charge in [0.2, 0.25) is 6.10 Å². The van der Waals surface area contributed by atoms with E-state index in [4.69, 9.17) is 0 Å². The third-order valence-electron chi connectivity index (χ3n) is 1.54. The second-order valence-corrected chi connectivity index (χ2v) is 2.69. The first-order valence-electron chi connectivity index (χ1n) is 3.90. The highest BCUT2D eigenvalue weighted by molar-refractivity contribution is 4.96. The van der Waals surface area contributed by atoms with E-state index in [1.165, 1.54) is 18.4 Å². The molecule has 86 valence electrons. The number of furan rings is 1. The zero-order valence-electron chi connectivity index (χ0n) is 7.30. The van der Waals surface area contributed by atoms with Crippen LogP contribution in [0.1, 0.15) is 5.76 Å². The molecule has 0 aliphatic rings. The normalized spacial score (nSPS) is 14.5. The van der Waals surface area contributed by atoms with Gasteiger partial charge in [0.1, 0.15) is 12.4 Å². The first kappa shape index (κ1) is 12.0. The van der Waals surface area contributed by atoms with Gasteiger partial charge < -0.3 is 9.15 Å². The lowest BCUT2D eigenvalue weighted by Gasteiger charge is -2.19. The maximum absolute atomic E-state index is 12.0. The minimum atomic E-state index is -5.08. The van der Waals surface area contributed by atoms with Crippen molar-refractivity contribution in [2.45, 2.75) is 25.3 Å². The molecule has 0 radical (unpaired) electrons. The Hall–Kier alpha value is -1.11. The summed E-state index contributed by atoms with van der Waals surface area (Å²) in [5.74, 6) is 0.0601. The van der Waals surface area contributed by atoms with E-state index in [1.807, 2.05) is 0 Å². The molecule has 1 aromatic rings. The summed E-state index contributed by atoms with van der Waals surface area (Å²) in [7, 11) is 0. The maximum Gasteiger partial charge on any atom is 0.420 e. The van der Waals surface area contributed by atoms with Crippen molar-refractivity contribution in [3.8, 4) is 0 Å². The van der Waals surface area contributed by atoms with Crippen LogP contribution in [-0.4, -0.2) is 18.7 Å². The van der Waals surface area contributed by atoms with Crippen LogP contribution in [0.25, 0.3) is 0 Å². The molecule has 1 unspecified atom stereocenters. The lowest BCUT2D eigenvalue weighted by Crippen LogP contribution is -2.37. The molecule has 0 fully saturated rings. The summed E-state index contributed by atoms with van der Waals surface area (Å²) in [4.78, 5) is 0. The Balaban J connectivity index is 2.53. The molecule has 0 N–H and O–H groups in total. The van der Waals surface area contributed by atoms with Crippen molar-refractivity contribution in [1.82, 2.24) is 0 Å². The zero-order valence-corrected chi connectivity index (χ0v) is 7.30. The highest BCUT2D eigenvalue weighted by Crippen LogP contribution is 2.28. The van der Waals surface area contributed by atoms with Crippen molar-refractivity contribution in [2.75, 3.05) is 0 Å². The van der Waals surface area contributed by atoms with E-state index in [0.717, 1.165) is 0 Å². The fourth-order valence-corrected chi connectivity index (χ4v) is 0.877. The fourth-order valence-electron chi connectivity index (χ4n) is 0.877. The largest absolute Gasteiger partial charge is 0.467 e. The maximum atomic E-state index is 12.0. The van der Waals surface area contributed by atoms with Crippen LogP contribution < -0.4 is 0 Å². The second kappa shape index (κ2) is 4.61. The SMILES string of the molecule is FC(F)C(OCc1ccco1)C(F)(F)F. The molecule has 0 spiro atoms. The lowest BCUT2D eigenvalue weighted by atomic mass is 10.3. The van der Waals surface area contributed by atoms with Crippen LogP contribution in [-0.2, 0) is 11.3 Å². The Bertz CT molecular complexity index is 280. The molecular formula is C8H7F5O2. The number of rotatable bonds is 4. The van der Waals surface area contributed by atoms with Crippen LogP contribution in [0.2, 0.25) is 0 Å². The van der Waals surface area contributed by atoms with E-state index in [1.54, 1.807) is 0 Å². The van der Waals surface area contributed by atoms with Gasteiger partial charge in [-0.2, -0.15) is 13.2 Å². The summed E-state index contributed by atoms with van der Waals surface area (Å²) in [5.41, 5.74) is 0. The predicted molar refractivity (Wildman–Crippen MR) is 39.3 cm³/mol. The topological polar surface area (TPSA) is 22.4 Å². The molecule has 0 aliphatic carbocycles. The van der Waals surface area contributed by atoms with Crippen LogP contribution in [0.3, 0.4) is 0 Å². The van der Waals surface area contributed by atoms with Gasteiger partial charge in [-0.25, -0.2) is 8.78 Å². The molecule has 1 rings (SSSR count). The molecule has 1 atom stereocenters. The lowest BCUT2D eigenvalue weighted by molar-refractivity contribution is -0.257. The summed E-state index contributed by atoms with van der Waals surface area (Å²) in [6.45, 7) is -0.637. The molecule has 1 heterocycles. The Kier molecular flexibility index (Phi) is 3.67. The van der Waals surface area contributed by atoms with E-state index >= 15 is 0 Å². The van der Waals surface area contributed by atoms with Crippen molar-refractivity contribution >= 4 is 0 Å². The molecule has 0 aromatic carbocycles. The van der Waals surface area contributed by atoms with Gasteiger partial charge in [-0.05, 0) is 12.1 Å². The van der Waals surface area contributed by atoms with Crippen LogP contribution in [0, 0.1) is 0 Å². The average Bonchev–Trinajstić information content (AvgIpc) is 2.53. The third kappa shape index (κ3) is 3.50. The average molecular weight is 230 g/mol. The minimum absolute atomic E-state index is 0.0601. The number of hydrogen-bond acceptors (Lipinski definition) is 2. The van der Waals surface area contributed by atoms with E-state index in [9.17, 15) is 22.0 Å². The van der Waals surface area contributed by atoms with Gasteiger partial charge >= 0.3 is 6.18 Å². The van der Waals surface area contributed by atoms with Crippen molar-refractivity contribution in [3.63, 3.8) is 0 Å². The van der Waals surface area contributed by atoms with Gasteiger partial charge in [0.05, 0.1) is 6.26 Å². The van der Waals surface area contributed by atoms with Gasteiger partial charge in [0.25, 0.3) is 6.43 Å². The summed E-state index contributed by atoms with van der Waals surface area (Å²) < 4.78 is 68.5. The number of alkyl halides is 5. The monoisotopic (exact) mass is 230 g/mol. The molecule has 0 amide bonds. The smallest absolute Gasteiger partial charge is 0.420 e. The summed E-state index contributed by atoms with van der Waals surface area (Å²) in [6.07, 6.45) is -10.6. The van der Waals surface area contributed by atoms with E-state index in [2.05, 4.69) is 9.15 Å². The van der Waals surface area contributed by atoms with Gasteiger partial charge in [-0.1, -0.05) is 0 Å². The Morgan fingerprint density at radius 2 is 2.00 bits per heavy atom. The van der Waals surface area contributed by atoms with Crippen molar-refractivity contribution in [3.05, 3.63) is 24.2 Å². The van der Waals surface area contributed by atoms with Crippen LogP contribution in [0.15, 0.2) is 22.8 Å². The molecule has 0 aliphatic heterocycles. The first-order valence-corrected chi connectivity index (χ1v) is 3.90. The molecule has 0 saturated heterocycles. The summed E-state index contributed by atoms with van der Waals surface area (Å²) in [6, 6.07) is 2.75. The second-order valence-electron chi connectivity index (χ2n) is 2.69. The number of hydrogen-bond donors (Lipinski definition) is 0. The number of ether oxygens (including phenoxy) is 1. The molecule has 7 heteroatoms. The van der Waals surface area contributed by atoms with Gasteiger partial charge in [-0.3, -0.25) is 0 Å². The number of halogens is 5. The van der Waals surface area contributed by atoms with Gasteiger partial charge in [0, 0.05) is 0 Å². The standard InChI is InChI=1S/C8H7F5O2/c9-7(10)6(8(11,12)13)15-4-5-2-1-3-14-5/h1-3,6-7H,4H2. The Morgan fingerprint density at radius 3 is 2.40 bits per heavy atom. The minimum Gasteiger partial charge on any atom is -0.467 e. The third-order valence-corrected chi connectivity index (χ3v) is 1.54. The van der Waals surface area contributed by atoms with Crippen molar-refractivity contribution in [2.24, 2.45) is 0 Å². The van der Waals surface area contributed by atoms with Gasteiger partial charge in [0.15, 0.2) is 0 Å². The highest BCUT2D eigenvalue weighted by atomic mass is 19.4. The first-order chi connectivity index (χ1) is 6.91. The van der Waals surface area contributed by atoms with E-state index in [-0.39, 0.29) is 5.76 Å². The van der Waals surface area contributed by atoms with Crippen LogP contribution in [0.5, 0.6) is 0 Å². The van der Waals surface area contributed by atoms with E-state index < -0.39 is 25.3 Å². The van der Waals surface area contributed by atoms with E-state index in [0.29, 0.717) is 0 Å². The van der Waals surface area contributed by atoms with Gasteiger partial charge in [-0.15, -0.1) is 0 Å². The van der Waals surface area contributed by atoms with Crippen LogP contribution >= 0.6 is 0 Å².